The number of anilines is 7. The number of ether oxygens (including phenoxy) is 1. The van der Waals surface area contributed by atoms with E-state index < -0.39 is 10.0 Å². The molecule has 0 aliphatic rings. The van der Waals surface area contributed by atoms with Crippen LogP contribution in [0.15, 0.2) is 42.6 Å². The quantitative estimate of drug-likeness (QED) is 0.255. The minimum atomic E-state index is -3.48. The van der Waals surface area contributed by atoms with Gasteiger partial charge in [-0.3, -0.25) is 4.31 Å². The summed E-state index contributed by atoms with van der Waals surface area (Å²) < 4.78 is 31.2. The van der Waals surface area contributed by atoms with Gasteiger partial charge in [-0.15, -0.1) is 0 Å². The third-order valence-corrected chi connectivity index (χ3v) is 7.51. The van der Waals surface area contributed by atoms with Gasteiger partial charge in [-0.25, -0.2) is 13.4 Å². The normalized spacial score (nSPS) is 11.5. The van der Waals surface area contributed by atoms with E-state index in [4.69, 9.17) is 16.3 Å². The zero-order chi connectivity index (χ0) is 29.6. The van der Waals surface area contributed by atoms with Crippen molar-refractivity contribution in [1.29, 1.82) is 0 Å². The van der Waals surface area contributed by atoms with Gasteiger partial charge >= 0.3 is 0 Å². The lowest BCUT2D eigenvalue weighted by Crippen LogP contribution is -2.29. The highest BCUT2D eigenvalue weighted by Gasteiger charge is 2.19. The molecule has 0 saturated carbocycles. The number of hydrogen-bond donors (Lipinski definition) is 3. The molecule has 0 spiro atoms. The molecule has 0 amide bonds. The average molecular weight is 591 g/mol. The molecular formula is C27H39ClN8O3S. The summed E-state index contributed by atoms with van der Waals surface area (Å²) in [6.07, 6.45) is 2.62. The SMILES string of the molecule is COc1cc(N(C)CCN(C)C)c(NC(C)C)cc1Nc1ncc(Cl)c(Nc2ccccc2N(C)S(C)(=O)=O)n1. The number of halogens is 1. The average Bonchev–Trinajstić information content (AvgIpc) is 2.88. The minimum Gasteiger partial charge on any atom is -0.494 e. The summed E-state index contributed by atoms with van der Waals surface area (Å²) in [4.78, 5) is 13.2. The summed E-state index contributed by atoms with van der Waals surface area (Å²) in [5.74, 6) is 1.21. The summed E-state index contributed by atoms with van der Waals surface area (Å²) in [6, 6.07) is 11.2. The zero-order valence-electron chi connectivity index (χ0n) is 24.3. The Kier molecular flexibility index (Phi) is 10.3. The standard InChI is InChI=1S/C27H39ClN8O3S/c1-18(2)30-21-15-22(25(39-7)16-24(21)35(5)14-13-34(3)4)32-27-29-17-19(28)26(33-27)31-20-11-9-10-12-23(20)36(6)40(8,37)38/h9-12,15-18,30H,13-14H2,1-8H3,(H2,29,31,32,33). The molecular weight excluding hydrogens is 552 g/mol. The molecule has 3 aromatic rings. The van der Waals surface area contributed by atoms with E-state index in [9.17, 15) is 8.42 Å². The van der Waals surface area contributed by atoms with Crippen LogP contribution in [0.1, 0.15) is 13.8 Å². The minimum absolute atomic E-state index is 0.204. The van der Waals surface area contributed by atoms with E-state index in [0.29, 0.717) is 28.6 Å². The zero-order valence-corrected chi connectivity index (χ0v) is 25.9. The number of methoxy groups -OCH3 is 1. The fourth-order valence-electron chi connectivity index (χ4n) is 3.84. The van der Waals surface area contributed by atoms with Gasteiger partial charge in [-0.05, 0) is 46.1 Å². The fraction of sp³-hybridized carbons (Fsp3) is 0.407. The number of nitrogens with one attached hydrogen (secondary N) is 3. The van der Waals surface area contributed by atoms with Gasteiger partial charge in [0.25, 0.3) is 0 Å². The Balaban J connectivity index is 1.96. The second kappa shape index (κ2) is 13.2. The highest BCUT2D eigenvalue weighted by Crippen LogP contribution is 2.39. The van der Waals surface area contributed by atoms with Crippen molar-refractivity contribution in [2.75, 3.05) is 79.8 Å². The molecule has 1 aromatic heterocycles. The maximum atomic E-state index is 12.2. The number of hydrogen-bond acceptors (Lipinski definition) is 10. The van der Waals surface area contributed by atoms with Crippen molar-refractivity contribution in [2.24, 2.45) is 0 Å². The Morgan fingerprint density at radius 3 is 2.30 bits per heavy atom. The second-order valence-corrected chi connectivity index (χ2v) is 12.4. The lowest BCUT2D eigenvalue weighted by molar-refractivity contribution is 0.413. The molecule has 0 radical (unpaired) electrons. The molecule has 11 nitrogen and oxygen atoms in total. The number of aromatic nitrogens is 2. The van der Waals surface area contributed by atoms with Crippen LogP contribution in [-0.2, 0) is 10.0 Å². The summed E-state index contributed by atoms with van der Waals surface area (Å²) >= 11 is 6.43. The molecule has 0 saturated heterocycles. The van der Waals surface area contributed by atoms with Gasteiger partial charge in [0.1, 0.15) is 10.8 Å². The van der Waals surface area contributed by atoms with Gasteiger partial charge in [-0.2, -0.15) is 4.98 Å². The summed E-state index contributed by atoms with van der Waals surface area (Å²) in [7, 11) is 5.77. The third-order valence-electron chi connectivity index (χ3n) is 6.04. The van der Waals surface area contributed by atoms with Crippen molar-refractivity contribution < 1.29 is 13.2 Å². The van der Waals surface area contributed by atoms with Gasteiger partial charge in [-0.1, -0.05) is 23.7 Å². The van der Waals surface area contributed by atoms with E-state index in [1.807, 2.05) is 26.2 Å². The van der Waals surface area contributed by atoms with Crippen molar-refractivity contribution in [1.82, 2.24) is 14.9 Å². The molecule has 0 fully saturated rings. The van der Waals surface area contributed by atoms with E-state index in [1.165, 1.54) is 17.5 Å². The van der Waals surface area contributed by atoms with Crippen molar-refractivity contribution in [3.63, 3.8) is 0 Å². The lowest BCUT2D eigenvalue weighted by Gasteiger charge is -2.27. The van der Waals surface area contributed by atoms with E-state index in [0.717, 1.165) is 30.7 Å². The molecule has 0 aliphatic carbocycles. The van der Waals surface area contributed by atoms with E-state index >= 15 is 0 Å². The summed E-state index contributed by atoms with van der Waals surface area (Å²) in [6.45, 7) is 5.90. The molecule has 2 aromatic carbocycles. The fourth-order valence-corrected chi connectivity index (χ4v) is 4.50. The van der Waals surface area contributed by atoms with Crippen molar-refractivity contribution in [3.05, 3.63) is 47.6 Å². The van der Waals surface area contributed by atoms with Gasteiger partial charge in [0.05, 0.1) is 48.0 Å². The van der Waals surface area contributed by atoms with Crippen LogP contribution in [0.4, 0.5) is 40.2 Å². The predicted molar refractivity (Wildman–Crippen MR) is 167 cm³/mol. The molecule has 40 heavy (non-hydrogen) atoms. The van der Waals surface area contributed by atoms with E-state index in [2.05, 4.69) is 56.6 Å². The highest BCUT2D eigenvalue weighted by atomic mass is 35.5. The largest absolute Gasteiger partial charge is 0.494 e. The third kappa shape index (κ3) is 8.03. The maximum absolute atomic E-state index is 12.2. The Bertz CT molecular complexity index is 1420. The second-order valence-electron chi connectivity index (χ2n) is 9.98. The smallest absolute Gasteiger partial charge is 0.232 e. The Morgan fingerprint density at radius 1 is 0.975 bits per heavy atom. The number of benzene rings is 2. The van der Waals surface area contributed by atoms with Crippen LogP contribution in [0, 0.1) is 0 Å². The summed E-state index contributed by atoms with van der Waals surface area (Å²) in [5.41, 5.74) is 3.58. The molecule has 0 atom stereocenters. The van der Waals surface area contributed by atoms with Crippen LogP contribution >= 0.6 is 11.6 Å². The maximum Gasteiger partial charge on any atom is 0.232 e. The topological polar surface area (TPSA) is 115 Å². The van der Waals surface area contributed by atoms with Crippen LogP contribution < -0.4 is 29.9 Å². The Morgan fingerprint density at radius 2 is 1.68 bits per heavy atom. The molecule has 0 aliphatic heterocycles. The monoisotopic (exact) mass is 590 g/mol. The molecule has 218 valence electrons. The first-order chi connectivity index (χ1) is 18.8. The van der Waals surface area contributed by atoms with Crippen LogP contribution in [0.25, 0.3) is 0 Å². The number of para-hydroxylation sites is 2. The number of sulfonamides is 1. The predicted octanol–water partition coefficient (Wildman–Crippen LogP) is 4.84. The first kappa shape index (κ1) is 31.1. The van der Waals surface area contributed by atoms with Crippen molar-refractivity contribution >= 4 is 61.8 Å². The first-order valence-corrected chi connectivity index (χ1v) is 15.0. The highest BCUT2D eigenvalue weighted by molar-refractivity contribution is 7.92. The van der Waals surface area contributed by atoms with Crippen LogP contribution in [-0.4, -0.2) is 84.0 Å². The van der Waals surface area contributed by atoms with Crippen LogP contribution in [0.3, 0.4) is 0 Å². The lowest BCUT2D eigenvalue weighted by atomic mass is 10.1. The Hall–Kier alpha value is -3.48. The number of nitrogens with zero attached hydrogens (tertiary/aromatic N) is 5. The van der Waals surface area contributed by atoms with Crippen molar-refractivity contribution in [3.8, 4) is 5.75 Å². The van der Waals surface area contributed by atoms with Crippen LogP contribution in [0.2, 0.25) is 5.02 Å². The number of likely N-dealkylation sites (N-methyl/N-ethyl adjacent to an activating group) is 2. The first-order valence-electron chi connectivity index (χ1n) is 12.7. The number of rotatable bonds is 13. The molecule has 3 N–H and O–H groups in total. The summed E-state index contributed by atoms with van der Waals surface area (Å²) in [5, 5.41) is 10.2. The van der Waals surface area contributed by atoms with Crippen molar-refractivity contribution in [2.45, 2.75) is 19.9 Å². The molecule has 3 rings (SSSR count). The van der Waals surface area contributed by atoms with E-state index in [1.54, 1.807) is 31.4 Å². The van der Waals surface area contributed by atoms with E-state index in [-0.39, 0.29) is 17.0 Å². The van der Waals surface area contributed by atoms with Gasteiger partial charge in [0.15, 0.2) is 5.82 Å². The van der Waals surface area contributed by atoms with Crippen LogP contribution in [0.5, 0.6) is 5.75 Å². The van der Waals surface area contributed by atoms with Gasteiger partial charge < -0.3 is 30.5 Å². The molecule has 0 unspecified atom stereocenters. The van der Waals surface area contributed by atoms with Gasteiger partial charge in [0.2, 0.25) is 16.0 Å². The molecule has 13 heteroatoms. The molecule has 1 heterocycles. The molecule has 0 bridgehead atoms. The Labute approximate surface area is 242 Å². The van der Waals surface area contributed by atoms with Gasteiger partial charge in [0, 0.05) is 39.3 Å².